The van der Waals surface area contributed by atoms with Gasteiger partial charge in [0.05, 0.1) is 0 Å². The third-order valence-corrected chi connectivity index (χ3v) is 4.00. The SMILES string of the molecule is CCN1CCN(CC(C)CNc2cccc(C)n2)CC1. The van der Waals surface area contributed by atoms with Crippen molar-refractivity contribution in [3.8, 4) is 0 Å². The van der Waals surface area contributed by atoms with Gasteiger partial charge < -0.3 is 15.1 Å². The normalized spacial score (nSPS) is 18.9. The van der Waals surface area contributed by atoms with Gasteiger partial charge in [-0.05, 0) is 31.5 Å². The average molecular weight is 276 g/mol. The number of hydrogen-bond acceptors (Lipinski definition) is 4. The first-order valence-electron chi connectivity index (χ1n) is 7.79. The molecular weight excluding hydrogens is 248 g/mol. The van der Waals surface area contributed by atoms with E-state index in [0.29, 0.717) is 5.92 Å². The van der Waals surface area contributed by atoms with Crippen LogP contribution in [0.15, 0.2) is 18.2 Å². The molecule has 0 radical (unpaired) electrons. The summed E-state index contributed by atoms with van der Waals surface area (Å²) in [7, 11) is 0. The van der Waals surface area contributed by atoms with Crippen LogP contribution in [0.3, 0.4) is 0 Å². The third kappa shape index (κ3) is 4.76. The second-order valence-corrected chi connectivity index (χ2v) is 5.89. The molecule has 2 heterocycles. The smallest absolute Gasteiger partial charge is 0.126 e. The van der Waals surface area contributed by atoms with Crippen molar-refractivity contribution in [2.24, 2.45) is 5.92 Å². The highest BCUT2D eigenvalue weighted by atomic mass is 15.3. The molecule has 20 heavy (non-hydrogen) atoms. The Labute approximate surface area is 123 Å². The van der Waals surface area contributed by atoms with Crippen LogP contribution in [0.4, 0.5) is 5.82 Å². The molecule has 1 saturated heterocycles. The van der Waals surface area contributed by atoms with Gasteiger partial charge in [0.25, 0.3) is 0 Å². The highest BCUT2D eigenvalue weighted by molar-refractivity contribution is 5.34. The van der Waals surface area contributed by atoms with Crippen molar-refractivity contribution in [2.75, 3.05) is 51.1 Å². The van der Waals surface area contributed by atoms with Crippen LogP contribution in [-0.2, 0) is 0 Å². The van der Waals surface area contributed by atoms with Crippen LogP contribution >= 0.6 is 0 Å². The van der Waals surface area contributed by atoms with Gasteiger partial charge in [-0.3, -0.25) is 0 Å². The number of rotatable bonds is 6. The van der Waals surface area contributed by atoms with Gasteiger partial charge in [0.1, 0.15) is 5.82 Å². The maximum absolute atomic E-state index is 4.48. The Balaban J connectivity index is 1.69. The predicted octanol–water partition coefficient (Wildman–Crippen LogP) is 2.08. The molecule has 112 valence electrons. The Kier molecular flexibility index (Phi) is 5.80. The van der Waals surface area contributed by atoms with E-state index in [-0.39, 0.29) is 0 Å². The first-order chi connectivity index (χ1) is 9.67. The maximum Gasteiger partial charge on any atom is 0.126 e. The van der Waals surface area contributed by atoms with Crippen molar-refractivity contribution >= 4 is 5.82 Å². The molecule has 1 atom stereocenters. The number of nitrogens with one attached hydrogen (secondary N) is 1. The fraction of sp³-hybridized carbons (Fsp3) is 0.688. The van der Waals surface area contributed by atoms with Gasteiger partial charge in [-0.15, -0.1) is 0 Å². The van der Waals surface area contributed by atoms with Gasteiger partial charge in [-0.2, -0.15) is 0 Å². The Hall–Kier alpha value is -1.13. The number of likely N-dealkylation sites (N-methyl/N-ethyl adjacent to an activating group) is 1. The molecule has 1 aromatic rings. The molecule has 1 fully saturated rings. The number of hydrogen-bond donors (Lipinski definition) is 1. The van der Waals surface area contributed by atoms with E-state index in [4.69, 9.17) is 0 Å². The predicted molar refractivity (Wildman–Crippen MR) is 85.2 cm³/mol. The lowest BCUT2D eigenvalue weighted by Gasteiger charge is -2.35. The van der Waals surface area contributed by atoms with Crippen LogP contribution in [0.2, 0.25) is 0 Å². The summed E-state index contributed by atoms with van der Waals surface area (Å²) in [6.45, 7) is 14.8. The van der Waals surface area contributed by atoms with E-state index in [1.165, 1.54) is 39.3 Å². The summed E-state index contributed by atoms with van der Waals surface area (Å²) in [6, 6.07) is 6.13. The molecule has 1 aromatic heterocycles. The molecule has 0 bridgehead atoms. The molecule has 2 rings (SSSR count). The van der Waals surface area contributed by atoms with E-state index in [2.05, 4.69) is 40.0 Å². The van der Waals surface area contributed by atoms with Gasteiger partial charge in [0, 0.05) is 45.0 Å². The van der Waals surface area contributed by atoms with Crippen molar-refractivity contribution in [1.29, 1.82) is 0 Å². The van der Waals surface area contributed by atoms with Crippen LogP contribution in [0, 0.1) is 12.8 Å². The number of pyridine rings is 1. The lowest BCUT2D eigenvalue weighted by molar-refractivity contribution is 0.126. The first-order valence-corrected chi connectivity index (χ1v) is 7.79. The molecule has 0 amide bonds. The Morgan fingerprint density at radius 2 is 1.90 bits per heavy atom. The van der Waals surface area contributed by atoms with Gasteiger partial charge in [-0.25, -0.2) is 4.98 Å². The fourth-order valence-electron chi connectivity index (χ4n) is 2.71. The van der Waals surface area contributed by atoms with E-state index < -0.39 is 0 Å². The minimum atomic E-state index is 0.644. The summed E-state index contributed by atoms with van der Waals surface area (Å²) in [6.07, 6.45) is 0. The van der Waals surface area contributed by atoms with Crippen molar-refractivity contribution in [2.45, 2.75) is 20.8 Å². The third-order valence-electron chi connectivity index (χ3n) is 4.00. The van der Waals surface area contributed by atoms with Crippen LogP contribution in [0.5, 0.6) is 0 Å². The highest BCUT2D eigenvalue weighted by Gasteiger charge is 2.17. The lowest BCUT2D eigenvalue weighted by Crippen LogP contribution is -2.47. The Bertz CT molecular complexity index is 399. The summed E-state index contributed by atoms with van der Waals surface area (Å²) in [4.78, 5) is 9.59. The molecule has 0 aromatic carbocycles. The van der Waals surface area contributed by atoms with Crippen LogP contribution in [-0.4, -0.2) is 60.6 Å². The second-order valence-electron chi connectivity index (χ2n) is 5.89. The second kappa shape index (κ2) is 7.60. The molecule has 4 heteroatoms. The van der Waals surface area contributed by atoms with E-state index in [1.807, 2.05) is 19.1 Å². The standard InChI is InChI=1S/C16H28N4/c1-4-19-8-10-20(11-9-19)13-14(2)12-17-16-7-5-6-15(3)18-16/h5-7,14H,4,8-13H2,1-3H3,(H,17,18). The number of aryl methyl sites for hydroxylation is 1. The summed E-state index contributed by atoms with van der Waals surface area (Å²) in [5.74, 6) is 1.64. The summed E-state index contributed by atoms with van der Waals surface area (Å²) in [5, 5.41) is 3.45. The minimum Gasteiger partial charge on any atom is -0.370 e. The van der Waals surface area contributed by atoms with Gasteiger partial charge in [0.15, 0.2) is 0 Å². The Morgan fingerprint density at radius 3 is 2.55 bits per heavy atom. The van der Waals surface area contributed by atoms with Crippen LogP contribution in [0.1, 0.15) is 19.5 Å². The molecular formula is C16H28N4. The molecule has 0 aliphatic carbocycles. The zero-order chi connectivity index (χ0) is 14.4. The number of anilines is 1. The fourth-order valence-corrected chi connectivity index (χ4v) is 2.71. The molecule has 4 nitrogen and oxygen atoms in total. The largest absolute Gasteiger partial charge is 0.370 e. The molecule has 1 unspecified atom stereocenters. The molecule has 1 aliphatic rings. The molecule has 0 saturated carbocycles. The topological polar surface area (TPSA) is 31.4 Å². The first kappa shape index (κ1) is 15.3. The van der Waals surface area contributed by atoms with Gasteiger partial charge in [0.2, 0.25) is 0 Å². The van der Waals surface area contributed by atoms with E-state index in [0.717, 1.165) is 18.1 Å². The summed E-state index contributed by atoms with van der Waals surface area (Å²) < 4.78 is 0. The number of aromatic nitrogens is 1. The lowest BCUT2D eigenvalue weighted by atomic mass is 10.1. The number of piperazine rings is 1. The molecule has 0 spiro atoms. The van der Waals surface area contributed by atoms with Crippen molar-refractivity contribution < 1.29 is 0 Å². The molecule has 1 aliphatic heterocycles. The quantitative estimate of drug-likeness (QED) is 0.862. The van der Waals surface area contributed by atoms with E-state index in [9.17, 15) is 0 Å². The van der Waals surface area contributed by atoms with E-state index in [1.54, 1.807) is 0 Å². The summed E-state index contributed by atoms with van der Waals surface area (Å²) >= 11 is 0. The van der Waals surface area contributed by atoms with Crippen LogP contribution in [0.25, 0.3) is 0 Å². The monoisotopic (exact) mass is 276 g/mol. The summed E-state index contributed by atoms with van der Waals surface area (Å²) in [5.41, 5.74) is 1.07. The zero-order valence-corrected chi connectivity index (χ0v) is 13.1. The minimum absolute atomic E-state index is 0.644. The maximum atomic E-state index is 4.48. The Morgan fingerprint density at radius 1 is 1.20 bits per heavy atom. The highest BCUT2D eigenvalue weighted by Crippen LogP contribution is 2.08. The van der Waals surface area contributed by atoms with Crippen molar-refractivity contribution in [3.63, 3.8) is 0 Å². The van der Waals surface area contributed by atoms with Crippen molar-refractivity contribution in [3.05, 3.63) is 23.9 Å². The van der Waals surface area contributed by atoms with E-state index >= 15 is 0 Å². The van der Waals surface area contributed by atoms with Gasteiger partial charge >= 0.3 is 0 Å². The molecule has 1 N–H and O–H groups in total. The average Bonchev–Trinajstić information content (AvgIpc) is 2.46. The number of nitrogens with zero attached hydrogens (tertiary/aromatic N) is 3. The van der Waals surface area contributed by atoms with Gasteiger partial charge in [-0.1, -0.05) is 19.9 Å². The zero-order valence-electron chi connectivity index (χ0n) is 13.1. The van der Waals surface area contributed by atoms with Crippen molar-refractivity contribution in [1.82, 2.24) is 14.8 Å². The van der Waals surface area contributed by atoms with Crippen LogP contribution < -0.4 is 5.32 Å².